The Balaban J connectivity index is 2.99. The second-order valence-corrected chi connectivity index (χ2v) is 6.13. The molecule has 7 heteroatoms. The molecule has 0 aliphatic carbocycles. The van der Waals surface area contributed by atoms with E-state index >= 15 is 0 Å². The number of carbonyl (C=O) groups excluding carboxylic acids is 1. The van der Waals surface area contributed by atoms with E-state index < -0.39 is 27.7 Å². The van der Waals surface area contributed by atoms with Crippen LogP contribution in [0.1, 0.15) is 31.7 Å². The molecule has 106 valence electrons. The number of halogens is 1. The number of anilines is 1. The fraction of sp³-hybridized carbons (Fsp3) is 0.417. The highest BCUT2D eigenvalue weighted by Crippen LogP contribution is 2.22. The number of amides is 1. The van der Waals surface area contributed by atoms with E-state index in [1.54, 1.807) is 13.8 Å². The molecule has 1 amide bonds. The molecule has 19 heavy (non-hydrogen) atoms. The molecule has 0 aromatic heterocycles. The van der Waals surface area contributed by atoms with Crippen LogP contribution in [0.4, 0.5) is 10.1 Å². The van der Waals surface area contributed by atoms with Crippen LogP contribution in [0.5, 0.6) is 0 Å². The third-order valence-electron chi connectivity index (χ3n) is 2.66. The van der Waals surface area contributed by atoms with Gasteiger partial charge in [0.2, 0.25) is 15.9 Å². The molecular formula is C12H17FN2O3S. The third-order valence-corrected chi connectivity index (χ3v) is 4.13. The van der Waals surface area contributed by atoms with E-state index in [9.17, 15) is 17.6 Å². The zero-order valence-electron chi connectivity index (χ0n) is 10.8. The number of primary amides is 1. The highest BCUT2D eigenvalue weighted by molar-refractivity contribution is 7.92. The van der Waals surface area contributed by atoms with Crippen molar-refractivity contribution in [1.82, 2.24) is 0 Å². The van der Waals surface area contributed by atoms with Crippen LogP contribution < -0.4 is 10.5 Å². The van der Waals surface area contributed by atoms with E-state index in [4.69, 9.17) is 5.73 Å². The minimum atomic E-state index is -3.54. The number of nitrogens with two attached hydrogens (primary N) is 1. The summed E-state index contributed by atoms with van der Waals surface area (Å²) in [7, 11) is -3.54. The van der Waals surface area contributed by atoms with Gasteiger partial charge in [-0.25, -0.2) is 12.8 Å². The Morgan fingerprint density at radius 1 is 1.47 bits per heavy atom. The maximum Gasteiger partial charge on any atom is 0.232 e. The van der Waals surface area contributed by atoms with Crippen LogP contribution in [0, 0.1) is 5.82 Å². The molecule has 0 aliphatic rings. The standard InChI is InChI=1S/C12H17FN2O3S/c1-3-6-19(17,18)15-11-5-4-9(7-10(11)13)8(2)12(14)16/h4-5,7-8,15H,3,6H2,1-2H3,(H2,14,16). The van der Waals surface area contributed by atoms with Crippen molar-refractivity contribution >= 4 is 21.6 Å². The predicted octanol–water partition coefficient (Wildman–Crippen LogP) is 1.57. The van der Waals surface area contributed by atoms with E-state index in [0.29, 0.717) is 12.0 Å². The van der Waals surface area contributed by atoms with Crippen molar-refractivity contribution in [2.45, 2.75) is 26.2 Å². The molecule has 1 aromatic carbocycles. The van der Waals surface area contributed by atoms with E-state index in [0.717, 1.165) is 6.07 Å². The third kappa shape index (κ3) is 4.20. The average molecular weight is 288 g/mol. The Morgan fingerprint density at radius 2 is 2.11 bits per heavy atom. The second kappa shape index (κ2) is 6.01. The zero-order valence-corrected chi connectivity index (χ0v) is 11.6. The van der Waals surface area contributed by atoms with Crippen LogP contribution in [-0.4, -0.2) is 20.1 Å². The van der Waals surface area contributed by atoms with Crippen molar-refractivity contribution < 1.29 is 17.6 Å². The number of sulfonamides is 1. The maximum atomic E-state index is 13.8. The highest BCUT2D eigenvalue weighted by Gasteiger charge is 2.16. The summed E-state index contributed by atoms with van der Waals surface area (Å²) in [5.74, 6) is -2.01. The van der Waals surface area contributed by atoms with Crippen LogP contribution in [0.25, 0.3) is 0 Å². The normalized spacial score (nSPS) is 13.0. The summed E-state index contributed by atoms with van der Waals surface area (Å²) < 4.78 is 39.0. The summed E-state index contributed by atoms with van der Waals surface area (Å²) in [6, 6.07) is 3.87. The van der Waals surface area contributed by atoms with Crippen LogP contribution >= 0.6 is 0 Å². The van der Waals surface area contributed by atoms with Crippen molar-refractivity contribution in [3.05, 3.63) is 29.6 Å². The van der Waals surface area contributed by atoms with E-state index in [1.165, 1.54) is 12.1 Å². The lowest BCUT2D eigenvalue weighted by Gasteiger charge is -2.11. The van der Waals surface area contributed by atoms with Gasteiger partial charge in [-0.2, -0.15) is 0 Å². The van der Waals surface area contributed by atoms with E-state index in [2.05, 4.69) is 4.72 Å². The quantitative estimate of drug-likeness (QED) is 0.832. The lowest BCUT2D eigenvalue weighted by molar-refractivity contribution is -0.119. The first-order valence-corrected chi connectivity index (χ1v) is 7.51. The number of nitrogens with one attached hydrogen (secondary N) is 1. The summed E-state index contributed by atoms with van der Waals surface area (Å²) in [6.07, 6.45) is 0.438. The minimum Gasteiger partial charge on any atom is -0.369 e. The molecule has 0 heterocycles. The summed E-state index contributed by atoms with van der Waals surface area (Å²) in [6.45, 7) is 3.27. The van der Waals surface area contributed by atoms with Crippen molar-refractivity contribution in [2.75, 3.05) is 10.5 Å². The predicted molar refractivity (Wildman–Crippen MR) is 71.7 cm³/mol. The molecule has 1 rings (SSSR count). The highest BCUT2D eigenvalue weighted by atomic mass is 32.2. The van der Waals surface area contributed by atoms with Gasteiger partial charge in [0.05, 0.1) is 17.4 Å². The lowest BCUT2D eigenvalue weighted by Crippen LogP contribution is -2.19. The molecule has 0 saturated carbocycles. The maximum absolute atomic E-state index is 13.8. The Bertz CT molecular complexity index is 572. The smallest absolute Gasteiger partial charge is 0.232 e. The minimum absolute atomic E-state index is 0.0775. The second-order valence-electron chi connectivity index (χ2n) is 4.28. The number of carbonyl (C=O) groups is 1. The molecule has 1 atom stereocenters. The molecular weight excluding hydrogens is 271 g/mol. The zero-order chi connectivity index (χ0) is 14.6. The van der Waals surface area contributed by atoms with E-state index in [-0.39, 0.29) is 11.4 Å². The van der Waals surface area contributed by atoms with Gasteiger partial charge < -0.3 is 5.73 Å². The number of rotatable bonds is 6. The average Bonchev–Trinajstić information content (AvgIpc) is 2.30. The van der Waals surface area contributed by atoms with E-state index in [1.807, 2.05) is 0 Å². The molecule has 5 nitrogen and oxygen atoms in total. The fourth-order valence-electron chi connectivity index (χ4n) is 1.54. The Hall–Kier alpha value is -1.63. The van der Waals surface area contributed by atoms with Gasteiger partial charge >= 0.3 is 0 Å². The largest absolute Gasteiger partial charge is 0.369 e. The van der Waals surface area contributed by atoms with Gasteiger partial charge in [0.25, 0.3) is 0 Å². The Morgan fingerprint density at radius 3 is 2.58 bits per heavy atom. The summed E-state index contributed by atoms with van der Waals surface area (Å²) >= 11 is 0. The Labute approximate surface area is 112 Å². The van der Waals surface area contributed by atoms with Crippen LogP contribution in [0.2, 0.25) is 0 Å². The Kier molecular flexibility index (Phi) is 4.88. The van der Waals surface area contributed by atoms with Gasteiger partial charge in [-0.3, -0.25) is 9.52 Å². The van der Waals surface area contributed by atoms with Crippen LogP contribution in [0.15, 0.2) is 18.2 Å². The van der Waals surface area contributed by atoms with Gasteiger partial charge in [0.1, 0.15) is 5.82 Å². The SMILES string of the molecule is CCCS(=O)(=O)Nc1ccc(C(C)C(N)=O)cc1F. The number of hydrogen-bond acceptors (Lipinski definition) is 3. The molecule has 0 aliphatic heterocycles. The van der Waals surface area contributed by atoms with Crippen molar-refractivity contribution in [2.24, 2.45) is 5.73 Å². The summed E-state index contributed by atoms with van der Waals surface area (Å²) in [4.78, 5) is 11.0. The number of benzene rings is 1. The molecule has 0 radical (unpaired) electrons. The molecule has 1 unspecified atom stereocenters. The van der Waals surface area contributed by atoms with Gasteiger partial charge in [0.15, 0.2) is 0 Å². The first-order valence-electron chi connectivity index (χ1n) is 5.86. The topological polar surface area (TPSA) is 89.3 Å². The van der Waals surface area contributed by atoms with Gasteiger partial charge in [-0.1, -0.05) is 13.0 Å². The van der Waals surface area contributed by atoms with Gasteiger partial charge in [-0.05, 0) is 31.0 Å². The first-order chi connectivity index (χ1) is 8.76. The molecule has 3 N–H and O–H groups in total. The van der Waals surface area contributed by atoms with Crippen molar-refractivity contribution in [1.29, 1.82) is 0 Å². The molecule has 1 aromatic rings. The first kappa shape index (κ1) is 15.4. The van der Waals surface area contributed by atoms with Gasteiger partial charge in [0, 0.05) is 0 Å². The van der Waals surface area contributed by atoms with Crippen LogP contribution in [-0.2, 0) is 14.8 Å². The van der Waals surface area contributed by atoms with Crippen molar-refractivity contribution in [3.8, 4) is 0 Å². The number of hydrogen-bond donors (Lipinski definition) is 2. The molecule has 0 fully saturated rings. The lowest BCUT2D eigenvalue weighted by atomic mass is 10.0. The molecule has 0 bridgehead atoms. The monoisotopic (exact) mass is 288 g/mol. The summed E-state index contributed by atoms with van der Waals surface area (Å²) in [5, 5.41) is 0. The van der Waals surface area contributed by atoms with Gasteiger partial charge in [-0.15, -0.1) is 0 Å². The summed E-state index contributed by atoms with van der Waals surface area (Å²) in [5.41, 5.74) is 5.40. The molecule has 0 saturated heterocycles. The fourth-order valence-corrected chi connectivity index (χ4v) is 2.68. The molecule has 0 spiro atoms. The van der Waals surface area contributed by atoms with Crippen LogP contribution in [0.3, 0.4) is 0 Å². The van der Waals surface area contributed by atoms with Crippen molar-refractivity contribution in [3.63, 3.8) is 0 Å².